The molecular formula is C19H28N4O3. The molecule has 1 unspecified atom stereocenters. The summed E-state index contributed by atoms with van der Waals surface area (Å²) in [5.41, 5.74) is 6.01. The first-order valence-corrected chi connectivity index (χ1v) is 9.20. The number of likely N-dealkylation sites (tertiary alicyclic amines) is 1. The standard InChI is InChI=1S/C19H28N4O3/c20-10-12-22-19(26)16-8-5-13-23(14-16)17(24)9-4-11-21-18(25)15-6-2-1-3-7-15/h1-3,6-7,16H,4-5,8-14,20H2,(H,21,25)(H,22,26). The number of carbonyl (C=O) groups is 3. The summed E-state index contributed by atoms with van der Waals surface area (Å²) in [6.45, 7) is 2.48. The second-order valence-corrected chi connectivity index (χ2v) is 6.48. The van der Waals surface area contributed by atoms with Gasteiger partial charge < -0.3 is 21.3 Å². The van der Waals surface area contributed by atoms with Gasteiger partial charge in [0.15, 0.2) is 0 Å². The first-order chi connectivity index (χ1) is 12.6. The van der Waals surface area contributed by atoms with Crippen LogP contribution in [0.3, 0.4) is 0 Å². The summed E-state index contributed by atoms with van der Waals surface area (Å²) in [6.07, 6.45) is 2.58. The Balaban J connectivity index is 1.68. The Bertz CT molecular complexity index is 606. The van der Waals surface area contributed by atoms with E-state index < -0.39 is 0 Å². The van der Waals surface area contributed by atoms with Gasteiger partial charge in [-0.1, -0.05) is 18.2 Å². The number of amides is 3. The molecule has 7 heteroatoms. The summed E-state index contributed by atoms with van der Waals surface area (Å²) in [5.74, 6) is -0.275. The second-order valence-electron chi connectivity index (χ2n) is 6.48. The van der Waals surface area contributed by atoms with Crippen molar-refractivity contribution < 1.29 is 14.4 Å². The molecule has 26 heavy (non-hydrogen) atoms. The van der Waals surface area contributed by atoms with Crippen molar-refractivity contribution in [1.82, 2.24) is 15.5 Å². The molecule has 0 radical (unpaired) electrons. The van der Waals surface area contributed by atoms with Gasteiger partial charge in [-0.15, -0.1) is 0 Å². The van der Waals surface area contributed by atoms with E-state index in [9.17, 15) is 14.4 Å². The van der Waals surface area contributed by atoms with E-state index in [4.69, 9.17) is 5.73 Å². The predicted octanol–water partition coefficient (Wildman–Crippen LogP) is 0.510. The van der Waals surface area contributed by atoms with Crippen LogP contribution in [0.25, 0.3) is 0 Å². The number of benzene rings is 1. The molecule has 1 fully saturated rings. The Labute approximate surface area is 154 Å². The van der Waals surface area contributed by atoms with Gasteiger partial charge in [-0.05, 0) is 31.4 Å². The largest absolute Gasteiger partial charge is 0.355 e. The molecule has 0 saturated carbocycles. The average Bonchev–Trinajstić information content (AvgIpc) is 2.69. The zero-order valence-corrected chi connectivity index (χ0v) is 15.1. The van der Waals surface area contributed by atoms with Crippen molar-refractivity contribution in [2.75, 3.05) is 32.7 Å². The Morgan fingerprint density at radius 2 is 1.88 bits per heavy atom. The maximum atomic E-state index is 12.4. The fourth-order valence-corrected chi connectivity index (χ4v) is 3.05. The topological polar surface area (TPSA) is 105 Å². The molecule has 142 valence electrons. The fraction of sp³-hybridized carbons (Fsp3) is 0.526. The lowest BCUT2D eigenvalue weighted by molar-refractivity contribution is -0.135. The minimum Gasteiger partial charge on any atom is -0.355 e. The van der Waals surface area contributed by atoms with Gasteiger partial charge in [-0.3, -0.25) is 14.4 Å². The summed E-state index contributed by atoms with van der Waals surface area (Å²) in [4.78, 5) is 38.1. The third kappa shape index (κ3) is 6.15. The van der Waals surface area contributed by atoms with Crippen LogP contribution in [-0.4, -0.2) is 55.3 Å². The van der Waals surface area contributed by atoms with Gasteiger partial charge in [0.1, 0.15) is 0 Å². The predicted molar refractivity (Wildman–Crippen MR) is 99.4 cm³/mol. The zero-order valence-electron chi connectivity index (χ0n) is 15.1. The highest BCUT2D eigenvalue weighted by molar-refractivity contribution is 5.94. The highest BCUT2D eigenvalue weighted by atomic mass is 16.2. The molecule has 0 spiro atoms. The van der Waals surface area contributed by atoms with E-state index in [1.807, 2.05) is 18.2 Å². The van der Waals surface area contributed by atoms with Gasteiger partial charge in [-0.2, -0.15) is 0 Å². The molecule has 3 amide bonds. The average molecular weight is 360 g/mol. The lowest BCUT2D eigenvalue weighted by atomic mass is 9.96. The van der Waals surface area contributed by atoms with Crippen molar-refractivity contribution in [2.24, 2.45) is 11.7 Å². The van der Waals surface area contributed by atoms with E-state index in [0.29, 0.717) is 51.1 Å². The second kappa shape index (κ2) is 10.6. The van der Waals surface area contributed by atoms with Crippen LogP contribution in [0.4, 0.5) is 0 Å². The molecule has 1 atom stereocenters. The minimum atomic E-state index is -0.156. The molecule has 1 heterocycles. The quantitative estimate of drug-likeness (QED) is 0.588. The van der Waals surface area contributed by atoms with Gasteiger partial charge in [0.25, 0.3) is 5.91 Å². The monoisotopic (exact) mass is 360 g/mol. The van der Waals surface area contributed by atoms with E-state index in [1.165, 1.54) is 0 Å². The number of carbonyl (C=O) groups excluding carboxylic acids is 3. The summed E-state index contributed by atoms with van der Waals surface area (Å²) < 4.78 is 0. The van der Waals surface area contributed by atoms with Crippen LogP contribution >= 0.6 is 0 Å². The first-order valence-electron chi connectivity index (χ1n) is 9.20. The van der Waals surface area contributed by atoms with Crippen LogP contribution in [-0.2, 0) is 9.59 Å². The summed E-state index contributed by atoms with van der Waals surface area (Å²) in [7, 11) is 0. The smallest absolute Gasteiger partial charge is 0.251 e. The third-order valence-corrected chi connectivity index (χ3v) is 4.48. The highest BCUT2D eigenvalue weighted by Gasteiger charge is 2.27. The van der Waals surface area contributed by atoms with Gasteiger partial charge in [0, 0.05) is 44.7 Å². The van der Waals surface area contributed by atoms with Crippen molar-refractivity contribution in [3.05, 3.63) is 35.9 Å². The van der Waals surface area contributed by atoms with Crippen LogP contribution in [0.2, 0.25) is 0 Å². The Morgan fingerprint density at radius 3 is 2.62 bits per heavy atom. The highest BCUT2D eigenvalue weighted by Crippen LogP contribution is 2.17. The van der Waals surface area contributed by atoms with E-state index in [-0.39, 0.29) is 23.6 Å². The number of nitrogens with one attached hydrogen (secondary N) is 2. The number of hydrogen-bond acceptors (Lipinski definition) is 4. The molecule has 1 aromatic carbocycles. The molecule has 4 N–H and O–H groups in total. The van der Waals surface area contributed by atoms with Crippen molar-refractivity contribution in [3.63, 3.8) is 0 Å². The van der Waals surface area contributed by atoms with Crippen LogP contribution in [0.5, 0.6) is 0 Å². The number of nitrogens with two attached hydrogens (primary N) is 1. The van der Waals surface area contributed by atoms with Crippen LogP contribution in [0.1, 0.15) is 36.0 Å². The molecule has 1 aromatic rings. The van der Waals surface area contributed by atoms with Gasteiger partial charge in [0.2, 0.25) is 11.8 Å². The Hall–Kier alpha value is -2.41. The van der Waals surface area contributed by atoms with E-state index >= 15 is 0 Å². The SMILES string of the molecule is NCCNC(=O)C1CCCN(C(=O)CCCNC(=O)c2ccccc2)C1. The lowest BCUT2D eigenvalue weighted by Crippen LogP contribution is -2.46. The Kier molecular flexibility index (Phi) is 8.08. The molecule has 7 nitrogen and oxygen atoms in total. The van der Waals surface area contributed by atoms with Gasteiger partial charge >= 0.3 is 0 Å². The van der Waals surface area contributed by atoms with Crippen LogP contribution in [0, 0.1) is 5.92 Å². The number of hydrogen-bond donors (Lipinski definition) is 3. The summed E-state index contributed by atoms with van der Waals surface area (Å²) in [5, 5.41) is 5.61. The minimum absolute atomic E-state index is 0.0249. The molecule has 2 rings (SSSR count). The third-order valence-electron chi connectivity index (χ3n) is 4.48. The maximum Gasteiger partial charge on any atom is 0.251 e. The van der Waals surface area contributed by atoms with Crippen molar-refractivity contribution in [1.29, 1.82) is 0 Å². The summed E-state index contributed by atoms with van der Waals surface area (Å²) >= 11 is 0. The molecule has 1 aliphatic rings. The summed E-state index contributed by atoms with van der Waals surface area (Å²) in [6, 6.07) is 9.00. The van der Waals surface area contributed by atoms with Crippen LogP contribution < -0.4 is 16.4 Å². The number of nitrogens with zero attached hydrogens (tertiary/aromatic N) is 1. The van der Waals surface area contributed by atoms with E-state index in [1.54, 1.807) is 17.0 Å². The number of rotatable bonds is 8. The molecule has 0 aliphatic carbocycles. The van der Waals surface area contributed by atoms with Gasteiger partial charge in [-0.25, -0.2) is 0 Å². The molecule has 0 bridgehead atoms. The Morgan fingerprint density at radius 1 is 1.12 bits per heavy atom. The normalized spacial score (nSPS) is 16.8. The molecule has 1 saturated heterocycles. The van der Waals surface area contributed by atoms with Crippen LogP contribution in [0.15, 0.2) is 30.3 Å². The fourth-order valence-electron chi connectivity index (χ4n) is 3.05. The van der Waals surface area contributed by atoms with Crippen molar-refractivity contribution in [3.8, 4) is 0 Å². The first kappa shape index (κ1) is 19.9. The van der Waals surface area contributed by atoms with E-state index in [0.717, 1.165) is 12.8 Å². The molecular weight excluding hydrogens is 332 g/mol. The van der Waals surface area contributed by atoms with E-state index in [2.05, 4.69) is 10.6 Å². The molecule has 0 aromatic heterocycles. The maximum absolute atomic E-state index is 12.4. The number of piperidine rings is 1. The van der Waals surface area contributed by atoms with Crippen molar-refractivity contribution >= 4 is 17.7 Å². The van der Waals surface area contributed by atoms with Crippen molar-refractivity contribution in [2.45, 2.75) is 25.7 Å². The van der Waals surface area contributed by atoms with Gasteiger partial charge in [0.05, 0.1) is 5.92 Å². The zero-order chi connectivity index (χ0) is 18.8. The molecule has 1 aliphatic heterocycles. The lowest BCUT2D eigenvalue weighted by Gasteiger charge is -2.32.